The van der Waals surface area contributed by atoms with Gasteiger partial charge in [0.25, 0.3) is 11.6 Å². The van der Waals surface area contributed by atoms with E-state index in [1.807, 2.05) is 0 Å². The molecule has 1 aromatic heterocycles. The van der Waals surface area contributed by atoms with Crippen molar-refractivity contribution >= 4 is 52.1 Å². The summed E-state index contributed by atoms with van der Waals surface area (Å²) in [7, 11) is 0. The lowest BCUT2D eigenvalue weighted by molar-refractivity contribution is -0.384. The van der Waals surface area contributed by atoms with Crippen molar-refractivity contribution in [2.45, 2.75) is 0 Å². The van der Waals surface area contributed by atoms with Gasteiger partial charge in [-0.05, 0) is 24.3 Å². The van der Waals surface area contributed by atoms with Crippen molar-refractivity contribution in [1.82, 2.24) is 0 Å². The molecule has 3 aromatic rings. The lowest BCUT2D eigenvalue weighted by atomic mass is 10.1. The fourth-order valence-corrected chi connectivity index (χ4v) is 2.78. The molecule has 0 spiro atoms. The smallest absolute Gasteiger partial charge is 0.291 e. The van der Waals surface area contributed by atoms with Crippen molar-refractivity contribution in [2.75, 3.05) is 5.32 Å². The summed E-state index contributed by atoms with van der Waals surface area (Å²) in [5, 5.41) is 14.2. The third-order valence-electron chi connectivity index (χ3n) is 3.43. The Kier molecular flexibility index (Phi) is 5.18. The molecule has 132 valence electrons. The van der Waals surface area contributed by atoms with Gasteiger partial charge in [0.1, 0.15) is 5.76 Å². The summed E-state index contributed by atoms with van der Waals surface area (Å²) in [6, 6.07) is 11.7. The predicted octanol–water partition coefficient (Wildman–Crippen LogP) is 6.07. The maximum absolute atomic E-state index is 12.3. The highest BCUT2D eigenvalue weighted by molar-refractivity contribution is 6.44. The Hall–Kier alpha value is -2.54. The van der Waals surface area contributed by atoms with E-state index in [1.54, 1.807) is 12.1 Å². The highest BCUT2D eigenvalue weighted by atomic mass is 35.5. The second kappa shape index (κ2) is 7.37. The number of halogens is 3. The Balaban J connectivity index is 1.84. The zero-order chi connectivity index (χ0) is 18.8. The number of carbonyl (C=O) groups excluding carboxylic acids is 1. The molecule has 0 aliphatic carbocycles. The summed E-state index contributed by atoms with van der Waals surface area (Å²) in [6.07, 6.45) is 0. The molecule has 9 heteroatoms. The molecule has 3 rings (SSSR count). The van der Waals surface area contributed by atoms with E-state index in [0.717, 1.165) is 0 Å². The first-order valence-electron chi connectivity index (χ1n) is 7.15. The number of nitrogens with zero attached hydrogens (tertiary/aromatic N) is 1. The molecule has 0 fully saturated rings. The average molecular weight is 412 g/mol. The standard InChI is InChI=1S/C17H9Cl3N2O4/c18-11-7-13(20)14(8-12(11)19)21-17(23)16-5-4-15(26-16)9-2-1-3-10(6-9)22(24)25/h1-8H,(H,21,23). The molecule has 0 radical (unpaired) electrons. The number of amides is 1. The number of non-ortho nitro benzene ring substituents is 1. The maximum atomic E-state index is 12.3. The molecular weight excluding hydrogens is 403 g/mol. The lowest BCUT2D eigenvalue weighted by Gasteiger charge is -2.07. The first kappa shape index (κ1) is 18.3. The molecule has 0 aliphatic rings. The molecule has 0 saturated carbocycles. The monoisotopic (exact) mass is 410 g/mol. The van der Waals surface area contributed by atoms with Gasteiger partial charge in [0.2, 0.25) is 0 Å². The van der Waals surface area contributed by atoms with Crippen molar-refractivity contribution in [3.05, 3.63) is 79.5 Å². The van der Waals surface area contributed by atoms with Crippen LogP contribution in [0.4, 0.5) is 11.4 Å². The number of furan rings is 1. The molecule has 0 saturated heterocycles. The van der Waals surface area contributed by atoms with Gasteiger partial charge in [-0.25, -0.2) is 0 Å². The van der Waals surface area contributed by atoms with Crippen LogP contribution in [-0.2, 0) is 0 Å². The van der Waals surface area contributed by atoms with Crippen molar-refractivity contribution in [1.29, 1.82) is 0 Å². The van der Waals surface area contributed by atoms with Gasteiger partial charge in [0.05, 0.1) is 25.7 Å². The van der Waals surface area contributed by atoms with Gasteiger partial charge in [-0.15, -0.1) is 0 Å². The van der Waals surface area contributed by atoms with E-state index in [-0.39, 0.29) is 32.2 Å². The van der Waals surface area contributed by atoms with Crippen molar-refractivity contribution < 1.29 is 14.1 Å². The molecular formula is C17H9Cl3N2O4. The van der Waals surface area contributed by atoms with Crippen molar-refractivity contribution in [2.24, 2.45) is 0 Å². The molecule has 2 aromatic carbocycles. The highest BCUT2D eigenvalue weighted by Gasteiger charge is 2.16. The van der Waals surface area contributed by atoms with E-state index in [1.165, 1.54) is 36.4 Å². The molecule has 0 bridgehead atoms. The number of carbonyl (C=O) groups is 1. The Bertz CT molecular complexity index is 1020. The Morgan fingerprint density at radius 1 is 1.00 bits per heavy atom. The summed E-state index contributed by atoms with van der Waals surface area (Å²) in [4.78, 5) is 22.7. The molecule has 0 unspecified atom stereocenters. The average Bonchev–Trinajstić information content (AvgIpc) is 3.10. The fraction of sp³-hybridized carbons (Fsp3) is 0. The minimum absolute atomic E-state index is 0.00800. The van der Waals surface area contributed by atoms with Crippen molar-refractivity contribution in [3.8, 4) is 11.3 Å². The summed E-state index contributed by atoms with van der Waals surface area (Å²) in [5.41, 5.74) is 0.678. The summed E-state index contributed by atoms with van der Waals surface area (Å²) in [6.45, 7) is 0. The normalized spacial score (nSPS) is 10.6. The van der Waals surface area contributed by atoms with E-state index >= 15 is 0 Å². The minimum Gasteiger partial charge on any atom is -0.451 e. The SMILES string of the molecule is O=C(Nc1cc(Cl)c(Cl)cc1Cl)c1ccc(-c2cccc([N+](=O)[O-])c2)o1. The molecule has 1 heterocycles. The Morgan fingerprint density at radius 3 is 2.46 bits per heavy atom. The zero-order valence-corrected chi connectivity index (χ0v) is 15.1. The van der Waals surface area contributed by atoms with E-state index in [0.29, 0.717) is 11.3 Å². The molecule has 6 nitrogen and oxygen atoms in total. The van der Waals surface area contributed by atoms with Crippen LogP contribution in [0.1, 0.15) is 10.6 Å². The Morgan fingerprint density at radius 2 is 1.73 bits per heavy atom. The molecule has 1 N–H and O–H groups in total. The van der Waals surface area contributed by atoms with Crippen LogP contribution in [0.15, 0.2) is 52.9 Å². The zero-order valence-electron chi connectivity index (χ0n) is 12.8. The number of nitro groups is 1. The number of nitro benzene ring substituents is 1. The molecule has 1 amide bonds. The van der Waals surface area contributed by atoms with Crippen LogP contribution in [0.2, 0.25) is 15.1 Å². The second-order valence-electron chi connectivity index (χ2n) is 5.17. The van der Waals surface area contributed by atoms with Crippen LogP contribution in [0.3, 0.4) is 0 Å². The maximum Gasteiger partial charge on any atom is 0.291 e. The second-order valence-corrected chi connectivity index (χ2v) is 6.39. The first-order valence-corrected chi connectivity index (χ1v) is 8.29. The van der Waals surface area contributed by atoms with Gasteiger partial charge in [0.15, 0.2) is 5.76 Å². The van der Waals surface area contributed by atoms with Crippen LogP contribution in [0, 0.1) is 10.1 Å². The van der Waals surface area contributed by atoms with Gasteiger partial charge < -0.3 is 9.73 Å². The highest BCUT2D eigenvalue weighted by Crippen LogP contribution is 2.33. The van der Waals surface area contributed by atoms with Crippen LogP contribution in [0.25, 0.3) is 11.3 Å². The molecule has 0 aliphatic heterocycles. The number of anilines is 1. The minimum atomic E-state index is -0.554. The van der Waals surface area contributed by atoms with Crippen molar-refractivity contribution in [3.63, 3.8) is 0 Å². The van der Waals surface area contributed by atoms with Crippen LogP contribution in [0.5, 0.6) is 0 Å². The lowest BCUT2D eigenvalue weighted by Crippen LogP contribution is -2.11. The fourth-order valence-electron chi connectivity index (χ4n) is 2.19. The van der Waals surface area contributed by atoms with Gasteiger partial charge in [-0.1, -0.05) is 46.9 Å². The molecule has 26 heavy (non-hydrogen) atoms. The summed E-state index contributed by atoms with van der Waals surface area (Å²) in [5.74, 6) is -0.227. The topological polar surface area (TPSA) is 85.4 Å². The van der Waals surface area contributed by atoms with Crippen LogP contribution >= 0.6 is 34.8 Å². The number of rotatable bonds is 4. The van der Waals surface area contributed by atoms with Gasteiger partial charge in [-0.3, -0.25) is 14.9 Å². The third-order valence-corrected chi connectivity index (χ3v) is 4.46. The van der Waals surface area contributed by atoms with Gasteiger partial charge in [0, 0.05) is 17.7 Å². The quantitative estimate of drug-likeness (QED) is 0.321. The largest absolute Gasteiger partial charge is 0.451 e. The first-order chi connectivity index (χ1) is 12.3. The number of nitrogens with one attached hydrogen (secondary N) is 1. The van der Waals surface area contributed by atoms with E-state index in [2.05, 4.69) is 5.32 Å². The van der Waals surface area contributed by atoms with E-state index in [9.17, 15) is 14.9 Å². The van der Waals surface area contributed by atoms with Gasteiger partial charge in [-0.2, -0.15) is 0 Å². The van der Waals surface area contributed by atoms with Crippen LogP contribution < -0.4 is 5.32 Å². The van der Waals surface area contributed by atoms with E-state index in [4.69, 9.17) is 39.2 Å². The number of hydrogen-bond acceptors (Lipinski definition) is 4. The molecule has 0 atom stereocenters. The Labute approximate surface area is 162 Å². The summed E-state index contributed by atoms with van der Waals surface area (Å²) >= 11 is 17.8. The predicted molar refractivity (Wildman–Crippen MR) is 100 cm³/mol. The van der Waals surface area contributed by atoms with Crippen LogP contribution in [-0.4, -0.2) is 10.8 Å². The van der Waals surface area contributed by atoms with Gasteiger partial charge >= 0.3 is 0 Å². The third kappa shape index (κ3) is 3.83. The number of hydrogen-bond donors (Lipinski definition) is 1. The number of benzene rings is 2. The van der Waals surface area contributed by atoms with E-state index < -0.39 is 10.8 Å². The summed E-state index contributed by atoms with van der Waals surface area (Å²) < 4.78 is 5.50.